The van der Waals surface area contributed by atoms with E-state index in [1.807, 2.05) is 91.9 Å². The van der Waals surface area contributed by atoms with E-state index in [0.717, 1.165) is 48.9 Å². The zero-order valence-electron chi connectivity index (χ0n) is 32.0. The van der Waals surface area contributed by atoms with Crippen molar-refractivity contribution in [2.75, 3.05) is 13.2 Å². The van der Waals surface area contributed by atoms with Crippen molar-refractivity contribution < 1.29 is 14.6 Å². The number of fused-ring (bicyclic) bond motifs is 2. The molecule has 4 unspecified atom stereocenters. The Kier molecular flexibility index (Phi) is 13.1. The van der Waals surface area contributed by atoms with Crippen LogP contribution in [0.1, 0.15) is 81.0 Å². The van der Waals surface area contributed by atoms with Crippen LogP contribution in [0.15, 0.2) is 128 Å². The van der Waals surface area contributed by atoms with Gasteiger partial charge in [-0.3, -0.25) is 9.98 Å². The topological polar surface area (TPSA) is 77.7 Å². The van der Waals surface area contributed by atoms with Crippen LogP contribution in [0.25, 0.3) is 0 Å². The average molecular weight is 881 g/mol. The molecule has 296 valence electrons. The van der Waals surface area contributed by atoms with Gasteiger partial charge in [0.1, 0.15) is 17.0 Å². The van der Waals surface area contributed by atoms with Crippen LogP contribution in [0.4, 0.5) is 0 Å². The molecule has 0 bridgehead atoms. The van der Waals surface area contributed by atoms with Crippen molar-refractivity contribution in [1.82, 2.24) is 9.80 Å². The minimum atomic E-state index is -0.291. The summed E-state index contributed by atoms with van der Waals surface area (Å²) in [6.45, 7) is 10.7. The molecule has 0 saturated heterocycles. The lowest BCUT2D eigenvalue weighted by Crippen LogP contribution is -2.29. The fourth-order valence-corrected chi connectivity index (χ4v) is 10.6. The summed E-state index contributed by atoms with van der Waals surface area (Å²) in [6, 6.07) is 31.3. The third kappa shape index (κ3) is 8.53. The number of allylic oxidation sites excluding steroid dienone is 2. The van der Waals surface area contributed by atoms with Crippen molar-refractivity contribution in [3.8, 4) is 0 Å². The van der Waals surface area contributed by atoms with Gasteiger partial charge in [-0.2, -0.15) is 0 Å². The third-order valence-corrected chi connectivity index (χ3v) is 13.2. The molecule has 0 radical (unpaired) electrons. The quantitative estimate of drug-likeness (QED) is 0.168. The fraction of sp³-hybridized carbons (Fsp3) is 0.295. The number of benzene rings is 4. The van der Waals surface area contributed by atoms with Crippen LogP contribution in [-0.4, -0.2) is 44.4 Å². The Labute approximate surface area is 362 Å². The van der Waals surface area contributed by atoms with Crippen LogP contribution >= 0.6 is 69.9 Å². The maximum Gasteiger partial charge on any atom is 0.346 e. The first-order chi connectivity index (χ1) is 27.4. The Morgan fingerprint density at radius 3 is 1.37 bits per heavy atom. The Morgan fingerprint density at radius 1 is 0.632 bits per heavy atom. The second-order valence-electron chi connectivity index (χ2n) is 14.5. The summed E-state index contributed by atoms with van der Waals surface area (Å²) in [7, 11) is 0. The minimum Gasteiger partial charge on any atom is -0.462 e. The van der Waals surface area contributed by atoms with E-state index in [2.05, 4.69) is 49.6 Å². The minimum absolute atomic E-state index is 0.0207. The summed E-state index contributed by atoms with van der Waals surface area (Å²) in [4.78, 5) is 28.8. The normalized spacial score (nSPS) is 21.2. The van der Waals surface area contributed by atoms with E-state index >= 15 is 0 Å². The highest BCUT2D eigenvalue weighted by molar-refractivity contribution is 8.18. The van der Waals surface area contributed by atoms with Crippen LogP contribution in [-0.2, 0) is 9.53 Å². The van der Waals surface area contributed by atoms with Gasteiger partial charge < -0.3 is 19.6 Å². The number of carbonyl (C=O) groups excluding carboxylic acids is 1. The lowest BCUT2D eigenvalue weighted by atomic mass is 9.92. The van der Waals surface area contributed by atoms with E-state index < -0.39 is 0 Å². The van der Waals surface area contributed by atoms with Gasteiger partial charge in [-0.25, -0.2) is 4.79 Å². The molecule has 0 aromatic heterocycles. The summed E-state index contributed by atoms with van der Waals surface area (Å²) in [6.07, 6.45) is 0. The van der Waals surface area contributed by atoms with Crippen molar-refractivity contribution in [3.63, 3.8) is 0 Å². The maximum absolute atomic E-state index is 12.7. The van der Waals surface area contributed by atoms with Gasteiger partial charge in [0.25, 0.3) is 0 Å². The number of aliphatic hydroxyl groups is 1. The summed E-state index contributed by atoms with van der Waals surface area (Å²) in [5, 5.41) is 14.4. The van der Waals surface area contributed by atoms with Gasteiger partial charge in [0.15, 0.2) is 10.3 Å². The number of rotatable bonds is 9. The van der Waals surface area contributed by atoms with Crippen molar-refractivity contribution in [1.29, 1.82) is 0 Å². The highest BCUT2D eigenvalue weighted by Gasteiger charge is 2.48. The number of amidine groups is 2. The van der Waals surface area contributed by atoms with Gasteiger partial charge >= 0.3 is 5.97 Å². The summed E-state index contributed by atoms with van der Waals surface area (Å²) < 4.78 is 5.32. The molecule has 4 aliphatic rings. The molecule has 4 heterocycles. The molecule has 0 aliphatic carbocycles. The van der Waals surface area contributed by atoms with E-state index in [4.69, 9.17) is 61.1 Å². The third-order valence-electron chi connectivity index (χ3n) is 10.1. The lowest BCUT2D eigenvalue weighted by Gasteiger charge is -2.31. The Hall–Kier alpha value is -3.41. The Balaban J connectivity index is 0.000000175. The van der Waals surface area contributed by atoms with Crippen LogP contribution in [0.2, 0.25) is 20.1 Å². The molecule has 4 aromatic carbocycles. The second kappa shape index (κ2) is 17.8. The molecule has 4 atom stereocenters. The molecule has 13 heteroatoms. The van der Waals surface area contributed by atoms with Crippen molar-refractivity contribution >= 4 is 86.2 Å². The molecule has 8 rings (SSSR count). The number of halogens is 4. The monoisotopic (exact) mass is 878 g/mol. The number of hydrogen-bond donors (Lipinski definition) is 1. The number of aliphatic hydroxyl groups excluding tert-OH is 1. The smallest absolute Gasteiger partial charge is 0.346 e. The summed E-state index contributed by atoms with van der Waals surface area (Å²) >= 11 is 27.4. The SMILES string of the molecule is CC(C)C1=C(CO)SC2=NC(c3ccc(Cl)cc3)C(c3ccc(Cl)cc3)N21.CCOC(=O)C1=C(C(C)C)N2C(=NC(c3ccc(Cl)cc3)C2c2ccc(Cl)cc2)S1. The van der Waals surface area contributed by atoms with Gasteiger partial charge in [-0.15, -0.1) is 0 Å². The molecule has 7 nitrogen and oxygen atoms in total. The average Bonchev–Trinajstić information content (AvgIpc) is 3.94. The van der Waals surface area contributed by atoms with Gasteiger partial charge in [-0.1, -0.05) is 134 Å². The number of nitrogens with zero attached hydrogens (tertiary/aromatic N) is 4. The van der Waals surface area contributed by atoms with Gasteiger partial charge in [-0.05, 0) is 101 Å². The van der Waals surface area contributed by atoms with E-state index in [1.165, 1.54) is 11.8 Å². The fourth-order valence-electron chi connectivity index (χ4n) is 7.64. The molecular weight excluding hydrogens is 838 g/mol. The van der Waals surface area contributed by atoms with Gasteiger partial charge in [0.05, 0.1) is 25.3 Å². The van der Waals surface area contributed by atoms with Crippen LogP contribution in [0.5, 0.6) is 0 Å². The summed E-state index contributed by atoms with van der Waals surface area (Å²) in [5.74, 6) is 0.121. The van der Waals surface area contributed by atoms with Crippen LogP contribution < -0.4 is 0 Å². The molecule has 0 saturated carbocycles. The number of hydrogen-bond acceptors (Lipinski definition) is 9. The molecule has 0 fully saturated rings. The van der Waals surface area contributed by atoms with Crippen LogP contribution in [0.3, 0.4) is 0 Å². The molecule has 1 N–H and O–H groups in total. The van der Waals surface area contributed by atoms with Crippen molar-refractivity contribution in [3.05, 3.63) is 161 Å². The highest BCUT2D eigenvalue weighted by atomic mass is 35.5. The zero-order valence-corrected chi connectivity index (χ0v) is 36.7. The Bertz CT molecular complexity index is 2240. The number of carbonyl (C=O) groups is 1. The molecule has 0 spiro atoms. The molecule has 57 heavy (non-hydrogen) atoms. The number of esters is 1. The van der Waals surface area contributed by atoms with E-state index in [1.54, 1.807) is 11.8 Å². The first-order valence-electron chi connectivity index (χ1n) is 18.8. The van der Waals surface area contributed by atoms with E-state index in [9.17, 15) is 9.90 Å². The van der Waals surface area contributed by atoms with Gasteiger partial charge in [0.2, 0.25) is 0 Å². The number of thioether (sulfide) groups is 2. The van der Waals surface area contributed by atoms with E-state index in [-0.39, 0.29) is 48.6 Å². The maximum atomic E-state index is 12.7. The van der Waals surface area contributed by atoms with Crippen molar-refractivity contribution in [2.24, 2.45) is 21.8 Å². The zero-order chi connectivity index (χ0) is 40.5. The molecular formula is C44H42Cl4N4O3S2. The molecule has 4 aliphatic heterocycles. The lowest BCUT2D eigenvalue weighted by molar-refractivity contribution is -0.137. The molecule has 0 amide bonds. The van der Waals surface area contributed by atoms with Crippen LogP contribution in [0, 0.1) is 11.8 Å². The first-order valence-corrected chi connectivity index (χ1v) is 21.9. The predicted molar refractivity (Wildman–Crippen MR) is 238 cm³/mol. The second-order valence-corrected chi connectivity index (χ2v) is 18.2. The predicted octanol–water partition coefficient (Wildman–Crippen LogP) is 12.7. The largest absolute Gasteiger partial charge is 0.462 e. The van der Waals surface area contributed by atoms with E-state index in [0.29, 0.717) is 31.6 Å². The van der Waals surface area contributed by atoms with Gasteiger partial charge in [0, 0.05) is 36.4 Å². The molecule has 4 aromatic rings. The summed E-state index contributed by atoms with van der Waals surface area (Å²) in [5.41, 5.74) is 6.53. The Morgan fingerprint density at radius 2 is 1.00 bits per heavy atom. The number of ether oxygens (including phenoxy) is 1. The standard InChI is InChI=1S/C23H22Cl2N2O2S.C21H20Cl2N2OS/c1-4-29-22(28)21-19(13(2)3)27-20(15-7-11-17(25)12-8-15)18(26-23(27)30-21)14-5-9-16(24)10-6-14;1-12(2)19-17(11-26)27-21-24-18(13-3-7-15(22)8-4-13)20(25(19)21)14-5-9-16(23)10-6-14/h5-13,18,20H,4H2,1-3H3;3-10,12,18,20,26H,11H2,1-2H3. The first kappa shape index (κ1) is 41.7. The number of aliphatic imine (C=N–C) groups is 2. The van der Waals surface area contributed by atoms with Crippen molar-refractivity contribution in [2.45, 2.75) is 58.8 Å². The highest BCUT2D eigenvalue weighted by Crippen LogP contribution is 2.55.